The Hall–Kier alpha value is -3.39. The van der Waals surface area contributed by atoms with E-state index in [4.69, 9.17) is 16.3 Å². The van der Waals surface area contributed by atoms with Crippen LogP contribution in [0.3, 0.4) is 0 Å². The quantitative estimate of drug-likeness (QED) is 0.558. The van der Waals surface area contributed by atoms with E-state index < -0.39 is 30.3 Å². The second-order valence-corrected chi connectivity index (χ2v) is 7.24. The van der Waals surface area contributed by atoms with Crippen LogP contribution in [0.2, 0.25) is 5.02 Å². The molecule has 0 saturated carbocycles. The molecule has 1 heterocycles. The molecule has 0 unspecified atom stereocenters. The molecule has 156 valence electrons. The Balaban J connectivity index is 1.46. The van der Waals surface area contributed by atoms with E-state index in [1.165, 1.54) is 11.0 Å². The third-order valence-corrected chi connectivity index (χ3v) is 4.88. The molecule has 1 aliphatic heterocycles. The van der Waals surface area contributed by atoms with Crippen LogP contribution in [-0.2, 0) is 19.1 Å². The molecule has 3 amide bonds. The van der Waals surface area contributed by atoms with E-state index in [-0.39, 0.29) is 29.5 Å². The second kappa shape index (κ2) is 9.41. The van der Waals surface area contributed by atoms with Gasteiger partial charge in [0.1, 0.15) is 0 Å². The first-order valence-corrected chi connectivity index (χ1v) is 9.60. The van der Waals surface area contributed by atoms with Gasteiger partial charge < -0.3 is 9.64 Å². The number of nitrogens with one attached hydrogen (secondary N) is 2. The van der Waals surface area contributed by atoms with Gasteiger partial charge in [0, 0.05) is 18.7 Å². The average Bonchev–Trinajstić information content (AvgIpc) is 3.12. The van der Waals surface area contributed by atoms with Crippen molar-refractivity contribution < 1.29 is 23.9 Å². The highest BCUT2D eigenvalue weighted by Gasteiger charge is 2.36. The highest BCUT2D eigenvalue weighted by atomic mass is 35.5. The topological polar surface area (TPSA) is 105 Å². The van der Waals surface area contributed by atoms with Crippen LogP contribution in [0, 0.1) is 12.8 Å². The van der Waals surface area contributed by atoms with Crippen LogP contribution in [0.5, 0.6) is 0 Å². The number of rotatable bonds is 5. The lowest BCUT2D eigenvalue weighted by Crippen LogP contribution is -2.44. The normalized spacial score (nSPS) is 15.6. The summed E-state index contributed by atoms with van der Waals surface area (Å²) in [6.45, 7) is 1.52. The first-order valence-electron chi connectivity index (χ1n) is 9.22. The molecule has 0 radical (unpaired) electrons. The minimum Gasteiger partial charge on any atom is -0.455 e. The van der Waals surface area contributed by atoms with Crippen molar-refractivity contribution >= 4 is 41.0 Å². The van der Waals surface area contributed by atoms with Crippen molar-refractivity contribution in [1.29, 1.82) is 0 Å². The van der Waals surface area contributed by atoms with E-state index in [2.05, 4.69) is 10.9 Å². The number of hydrogen-bond donors (Lipinski definition) is 2. The number of esters is 1. The fraction of sp³-hybridized carbons (Fsp3) is 0.238. The maximum atomic E-state index is 12.3. The largest absolute Gasteiger partial charge is 0.455 e. The summed E-state index contributed by atoms with van der Waals surface area (Å²) in [6.07, 6.45) is 0.0115. The summed E-state index contributed by atoms with van der Waals surface area (Å²) in [5.41, 5.74) is 6.26. The minimum absolute atomic E-state index is 0.0115. The number of hydrogen-bond acceptors (Lipinski definition) is 5. The predicted octanol–water partition coefficient (Wildman–Crippen LogP) is 2.01. The number of carbonyl (C=O) groups is 4. The zero-order chi connectivity index (χ0) is 21.7. The number of benzene rings is 2. The summed E-state index contributed by atoms with van der Waals surface area (Å²) in [7, 11) is 0. The Morgan fingerprint density at radius 3 is 2.63 bits per heavy atom. The molecule has 1 atom stereocenters. The van der Waals surface area contributed by atoms with Crippen LogP contribution in [0.15, 0.2) is 48.5 Å². The molecule has 1 fully saturated rings. The Morgan fingerprint density at radius 1 is 1.13 bits per heavy atom. The first kappa shape index (κ1) is 21.3. The van der Waals surface area contributed by atoms with Crippen LogP contribution < -0.4 is 15.8 Å². The summed E-state index contributed by atoms with van der Waals surface area (Å²) >= 11 is 5.91. The Bertz CT molecular complexity index is 994. The highest BCUT2D eigenvalue weighted by molar-refractivity contribution is 6.33. The van der Waals surface area contributed by atoms with Crippen LogP contribution in [-0.4, -0.2) is 36.8 Å². The van der Waals surface area contributed by atoms with Crippen molar-refractivity contribution in [2.45, 2.75) is 13.3 Å². The van der Waals surface area contributed by atoms with E-state index in [1.54, 1.807) is 24.3 Å². The van der Waals surface area contributed by atoms with Crippen LogP contribution in [0.1, 0.15) is 22.3 Å². The molecule has 2 N–H and O–H groups in total. The van der Waals surface area contributed by atoms with Gasteiger partial charge in [-0.15, -0.1) is 0 Å². The smallest absolute Gasteiger partial charge is 0.311 e. The molecule has 1 saturated heterocycles. The minimum atomic E-state index is -0.719. The molecule has 9 heteroatoms. The molecule has 8 nitrogen and oxygen atoms in total. The number of amides is 3. The van der Waals surface area contributed by atoms with Gasteiger partial charge in [0.15, 0.2) is 6.61 Å². The van der Waals surface area contributed by atoms with Crippen molar-refractivity contribution in [2.24, 2.45) is 5.92 Å². The molecule has 2 aromatic carbocycles. The number of hydrazine groups is 1. The first-order chi connectivity index (χ1) is 14.3. The lowest BCUT2D eigenvalue weighted by molar-refractivity contribution is -0.152. The standard InChI is InChI=1S/C21H20ClN3O5/c1-13-5-4-6-15(9-13)25-11-14(10-19(25)27)21(29)30-12-18(26)23-24-20(28)16-7-2-3-8-17(16)22/h2-9,14H,10-12H2,1H3,(H,23,26)(H,24,28)/t14-/m0/s1. The van der Waals surface area contributed by atoms with Gasteiger partial charge in [0.25, 0.3) is 11.8 Å². The Morgan fingerprint density at radius 2 is 1.90 bits per heavy atom. The third-order valence-electron chi connectivity index (χ3n) is 4.55. The molecule has 3 rings (SSSR count). The van der Waals surface area contributed by atoms with Crippen molar-refractivity contribution in [3.8, 4) is 0 Å². The van der Waals surface area contributed by atoms with E-state index in [0.717, 1.165) is 11.3 Å². The maximum Gasteiger partial charge on any atom is 0.311 e. The van der Waals surface area contributed by atoms with Gasteiger partial charge in [-0.25, -0.2) is 0 Å². The van der Waals surface area contributed by atoms with Gasteiger partial charge in [0.2, 0.25) is 5.91 Å². The number of aryl methyl sites for hydroxylation is 1. The van der Waals surface area contributed by atoms with Crippen molar-refractivity contribution in [3.05, 3.63) is 64.7 Å². The van der Waals surface area contributed by atoms with E-state index >= 15 is 0 Å². The molecule has 0 aliphatic carbocycles. The molecular weight excluding hydrogens is 410 g/mol. The molecule has 0 bridgehead atoms. The number of anilines is 1. The second-order valence-electron chi connectivity index (χ2n) is 6.83. The van der Waals surface area contributed by atoms with Gasteiger partial charge in [-0.1, -0.05) is 35.9 Å². The summed E-state index contributed by atoms with van der Waals surface area (Å²) < 4.78 is 5.00. The molecule has 1 aliphatic rings. The summed E-state index contributed by atoms with van der Waals surface area (Å²) in [6, 6.07) is 13.8. The van der Waals surface area contributed by atoms with Gasteiger partial charge in [-0.05, 0) is 36.8 Å². The lowest BCUT2D eigenvalue weighted by Gasteiger charge is -2.17. The Labute approximate surface area is 178 Å². The average molecular weight is 430 g/mol. The van der Waals surface area contributed by atoms with Crippen LogP contribution in [0.25, 0.3) is 0 Å². The lowest BCUT2D eigenvalue weighted by atomic mass is 10.1. The third kappa shape index (κ3) is 5.15. The Kier molecular flexibility index (Phi) is 6.68. The van der Waals surface area contributed by atoms with Crippen molar-refractivity contribution in [3.63, 3.8) is 0 Å². The fourth-order valence-electron chi connectivity index (χ4n) is 3.04. The molecular formula is C21H20ClN3O5. The number of ether oxygens (including phenoxy) is 1. The van der Waals surface area contributed by atoms with Gasteiger partial charge in [-0.3, -0.25) is 30.0 Å². The summed E-state index contributed by atoms with van der Waals surface area (Å²) in [4.78, 5) is 49.9. The molecule has 2 aromatic rings. The van der Waals surface area contributed by atoms with E-state index in [0.29, 0.717) is 0 Å². The van der Waals surface area contributed by atoms with Crippen molar-refractivity contribution in [2.75, 3.05) is 18.1 Å². The zero-order valence-electron chi connectivity index (χ0n) is 16.2. The number of halogens is 1. The molecule has 30 heavy (non-hydrogen) atoms. The van der Waals surface area contributed by atoms with E-state index in [1.807, 2.05) is 25.1 Å². The summed E-state index contributed by atoms with van der Waals surface area (Å²) in [5.74, 6) is -2.81. The van der Waals surface area contributed by atoms with Gasteiger partial charge in [-0.2, -0.15) is 0 Å². The van der Waals surface area contributed by atoms with Gasteiger partial charge in [0.05, 0.1) is 16.5 Å². The number of nitrogens with zero attached hydrogens (tertiary/aromatic N) is 1. The van der Waals surface area contributed by atoms with Crippen LogP contribution >= 0.6 is 11.6 Å². The SMILES string of the molecule is Cc1cccc(N2C[C@@H](C(=O)OCC(=O)NNC(=O)c3ccccc3Cl)CC2=O)c1. The van der Waals surface area contributed by atoms with Crippen molar-refractivity contribution in [1.82, 2.24) is 10.9 Å². The van der Waals surface area contributed by atoms with Gasteiger partial charge >= 0.3 is 5.97 Å². The monoisotopic (exact) mass is 429 g/mol. The fourth-order valence-corrected chi connectivity index (χ4v) is 3.26. The number of carbonyl (C=O) groups excluding carboxylic acids is 4. The highest BCUT2D eigenvalue weighted by Crippen LogP contribution is 2.26. The maximum absolute atomic E-state index is 12.3. The predicted molar refractivity (Wildman–Crippen MR) is 110 cm³/mol. The van der Waals surface area contributed by atoms with Crippen LogP contribution in [0.4, 0.5) is 5.69 Å². The van der Waals surface area contributed by atoms with E-state index in [9.17, 15) is 19.2 Å². The molecule has 0 spiro atoms. The molecule has 0 aromatic heterocycles. The summed E-state index contributed by atoms with van der Waals surface area (Å²) in [5, 5.41) is 0.236. The zero-order valence-corrected chi connectivity index (χ0v) is 16.9.